The van der Waals surface area contributed by atoms with Crippen LogP contribution in [-0.2, 0) is 0 Å². The van der Waals surface area contributed by atoms with Crippen molar-refractivity contribution in [1.82, 2.24) is 4.98 Å². The number of carbonyl (C=O) groups excluding carboxylic acids is 1. The number of nitrogens with one attached hydrogen (secondary N) is 1. The summed E-state index contributed by atoms with van der Waals surface area (Å²) in [6.45, 7) is 1.56. The van der Waals surface area contributed by atoms with Crippen molar-refractivity contribution in [3.05, 3.63) is 61.9 Å². The van der Waals surface area contributed by atoms with Gasteiger partial charge in [-0.1, -0.05) is 29.3 Å². The molecule has 21 heavy (non-hydrogen) atoms. The summed E-state index contributed by atoms with van der Waals surface area (Å²) in [4.78, 5) is 26.2. The smallest absolute Gasteiger partial charge is 0.274 e. The molecule has 0 saturated carbocycles. The zero-order chi connectivity index (χ0) is 15.6. The van der Waals surface area contributed by atoms with E-state index in [1.54, 1.807) is 13.0 Å². The fraction of sp³-hybridized carbons (Fsp3) is 0.0769. The lowest BCUT2D eigenvalue weighted by molar-refractivity contribution is -0.385. The molecule has 8 heteroatoms. The molecule has 0 fully saturated rings. The maximum Gasteiger partial charge on any atom is 0.274 e. The van der Waals surface area contributed by atoms with Crippen molar-refractivity contribution >= 4 is 40.5 Å². The number of amides is 1. The first-order valence-corrected chi connectivity index (χ1v) is 6.52. The number of carbonyl (C=O) groups is 1. The lowest BCUT2D eigenvalue weighted by Crippen LogP contribution is -2.13. The normalized spacial score (nSPS) is 10.2. The summed E-state index contributed by atoms with van der Waals surface area (Å²) in [5, 5.41) is 13.6. The van der Waals surface area contributed by atoms with Crippen LogP contribution in [0.4, 0.5) is 11.4 Å². The van der Waals surface area contributed by atoms with Gasteiger partial charge in [0, 0.05) is 11.6 Å². The second-order valence-corrected chi connectivity index (χ2v) is 4.94. The summed E-state index contributed by atoms with van der Waals surface area (Å²) in [5.41, 5.74) is 0.852. The number of nitro benzene ring substituents is 1. The Kier molecular flexibility index (Phi) is 4.40. The van der Waals surface area contributed by atoms with Crippen LogP contribution in [0, 0.1) is 17.0 Å². The molecule has 108 valence electrons. The molecule has 0 spiro atoms. The van der Waals surface area contributed by atoms with Crippen LogP contribution in [0.15, 0.2) is 30.3 Å². The molecule has 1 aromatic carbocycles. The van der Waals surface area contributed by atoms with Gasteiger partial charge in [0.25, 0.3) is 11.6 Å². The minimum Gasteiger partial charge on any atom is -0.321 e. The van der Waals surface area contributed by atoms with Crippen LogP contribution in [-0.4, -0.2) is 15.8 Å². The zero-order valence-corrected chi connectivity index (χ0v) is 12.3. The Hall–Kier alpha value is -2.18. The van der Waals surface area contributed by atoms with E-state index in [1.165, 1.54) is 24.3 Å². The molecule has 6 nitrogen and oxygen atoms in total. The first-order chi connectivity index (χ1) is 9.88. The SMILES string of the molecule is Cc1c(NC(=O)c2cc(Cl)nc(Cl)c2)cccc1[N+](=O)[O-]. The molecule has 0 aliphatic rings. The molecule has 0 atom stereocenters. The number of anilines is 1. The van der Waals surface area contributed by atoms with Gasteiger partial charge in [0.1, 0.15) is 10.3 Å². The number of halogens is 2. The van der Waals surface area contributed by atoms with Crippen molar-refractivity contribution < 1.29 is 9.72 Å². The monoisotopic (exact) mass is 325 g/mol. The average Bonchev–Trinajstić information content (AvgIpc) is 2.39. The van der Waals surface area contributed by atoms with Crippen LogP contribution in [0.1, 0.15) is 15.9 Å². The number of hydrogen-bond donors (Lipinski definition) is 1. The van der Waals surface area contributed by atoms with E-state index >= 15 is 0 Å². The van der Waals surface area contributed by atoms with Gasteiger partial charge >= 0.3 is 0 Å². The molecule has 0 unspecified atom stereocenters. The van der Waals surface area contributed by atoms with Crippen LogP contribution in [0.25, 0.3) is 0 Å². The molecule has 0 aliphatic carbocycles. The highest BCUT2D eigenvalue weighted by Gasteiger charge is 2.16. The minimum atomic E-state index is -0.509. The van der Waals surface area contributed by atoms with E-state index in [-0.39, 0.29) is 21.6 Å². The van der Waals surface area contributed by atoms with E-state index in [2.05, 4.69) is 10.3 Å². The van der Waals surface area contributed by atoms with Gasteiger partial charge < -0.3 is 5.32 Å². The molecule has 1 heterocycles. The van der Waals surface area contributed by atoms with E-state index in [1.807, 2.05) is 0 Å². The van der Waals surface area contributed by atoms with Gasteiger partial charge in [0.2, 0.25) is 0 Å². The Morgan fingerprint density at radius 3 is 2.48 bits per heavy atom. The number of rotatable bonds is 3. The number of aromatic nitrogens is 1. The lowest BCUT2D eigenvalue weighted by Gasteiger charge is -2.09. The van der Waals surface area contributed by atoms with Crippen molar-refractivity contribution in [3.8, 4) is 0 Å². The van der Waals surface area contributed by atoms with Crippen molar-refractivity contribution in [2.75, 3.05) is 5.32 Å². The van der Waals surface area contributed by atoms with E-state index in [9.17, 15) is 14.9 Å². The molecule has 0 saturated heterocycles. The number of pyridine rings is 1. The first kappa shape index (κ1) is 15.2. The van der Waals surface area contributed by atoms with Crippen molar-refractivity contribution in [1.29, 1.82) is 0 Å². The summed E-state index contributed by atoms with van der Waals surface area (Å²) >= 11 is 11.5. The largest absolute Gasteiger partial charge is 0.321 e. The highest BCUT2D eigenvalue weighted by Crippen LogP contribution is 2.25. The fourth-order valence-corrected chi connectivity index (χ4v) is 2.21. The maximum absolute atomic E-state index is 12.1. The summed E-state index contributed by atoms with van der Waals surface area (Å²) in [7, 11) is 0. The molecule has 0 radical (unpaired) electrons. The second-order valence-electron chi connectivity index (χ2n) is 4.16. The van der Waals surface area contributed by atoms with Gasteiger partial charge in [-0.25, -0.2) is 4.98 Å². The van der Waals surface area contributed by atoms with Crippen LogP contribution in [0.2, 0.25) is 10.3 Å². The van der Waals surface area contributed by atoms with E-state index in [4.69, 9.17) is 23.2 Å². The summed E-state index contributed by atoms with van der Waals surface area (Å²) in [6.07, 6.45) is 0. The van der Waals surface area contributed by atoms with Gasteiger partial charge in [0.05, 0.1) is 16.2 Å². The van der Waals surface area contributed by atoms with Gasteiger partial charge in [0.15, 0.2) is 0 Å². The third kappa shape index (κ3) is 3.48. The van der Waals surface area contributed by atoms with Gasteiger partial charge in [-0.15, -0.1) is 0 Å². The quantitative estimate of drug-likeness (QED) is 0.527. The Balaban J connectivity index is 2.32. The van der Waals surface area contributed by atoms with E-state index in [0.717, 1.165) is 0 Å². The molecule has 1 aromatic heterocycles. The van der Waals surface area contributed by atoms with Crippen LogP contribution >= 0.6 is 23.2 Å². The highest BCUT2D eigenvalue weighted by atomic mass is 35.5. The Morgan fingerprint density at radius 1 is 1.29 bits per heavy atom. The number of benzene rings is 1. The number of nitro groups is 1. The number of hydrogen-bond acceptors (Lipinski definition) is 4. The molecule has 0 aliphatic heterocycles. The predicted octanol–water partition coefficient (Wildman–Crippen LogP) is 3.86. The molecule has 2 rings (SSSR count). The Bertz CT molecular complexity index is 714. The first-order valence-electron chi connectivity index (χ1n) is 5.77. The van der Waals surface area contributed by atoms with E-state index in [0.29, 0.717) is 11.3 Å². The standard InChI is InChI=1S/C13H9Cl2N3O3/c1-7-9(3-2-4-10(7)18(20)21)16-13(19)8-5-11(14)17-12(15)6-8/h2-6H,1H3,(H,16,19). The Labute approximate surface area is 129 Å². The zero-order valence-electron chi connectivity index (χ0n) is 10.8. The minimum absolute atomic E-state index is 0.0707. The molecule has 0 bridgehead atoms. The molecule has 1 N–H and O–H groups in total. The molecule has 2 aromatic rings. The van der Waals surface area contributed by atoms with Crippen molar-refractivity contribution in [2.45, 2.75) is 6.92 Å². The van der Waals surface area contributed by atoms with Crippen LogP contribution in [0.5, 0.6) is 0 Å². The summed E-state index contributed by atoms with van der Waals surface area (Å²) < 4.78 is 0. The van der Waals surface area contributed by atoms with Crippen molar-refractivity contribution in [3.63, 3.8) is 0 Å². The third-order valence-electron chi connectivity index (χ3n) is 2.78. The third-order valence-corrected chi connectivity index (χ3v) is 3.16. The fourth-order valence-electron chi connectivity index (χ4n) is 1.75. The average molecular weight is 326 g/mol. The summed E-state index contributed by atoms with van der Waals surface area (Å²) in [6, 6.07) is 7.15. The second kappa shape index (κ2) is 6.07. The topological polar surface area (TPSA) is 85.1 Å². The Morgan fingerprint density at radius 2 is 1.90 bits per heavy atom. The van der Waals surface area contributed by atoms with Gasteiger partial charge in [-0.3, -0.25) is 14.9 Å². The molecule has 1 amide bonds. The van der Waals surface area contributed by atoms with Gasteiger partial charge in [-0.2, -0.15) is 0 Å². The van der Waals surface area contributed by atoms with Crippen LogP contribution in [0.3, 0.4) is 0 Å². The predicted molar refractivity (Wildman–Crippen MR) is 80.0 cm³/mol. The molecular formula is C13H9Cl2N3O3. The molecular weight excluding hydrogens is 317 g/mol. The lowest BCUT2D eigenvalue weighted by atomic mass is 10.1. The van der Waals surface area contributed by atoms with Gasteiger partial charge in [-0.05, 0) is 25.1 Å². The van der Waals surface area contributed by atoms with Crippen LogP contribution < -0.4 is 5.32 Å². The summed E-state index contributed by atoms with van der Waals surface area (Å²) in [5.74, 6) is -0.482. The highest BCUT2D eigenvalue weighted by molar-refractivity contribution is 6.33. The van der Waals surface area contributed by atoms with E-state index < -0.39 is 10.8 Å². The van der Waals surface area contributed by atoms with Crippen molar-refractivity contribution in [2.24, 2.45) is 0 Å². The maximum atomic E-state index is 12.1. The number of nitrogens with zero attached hydrogens (tertiary/aromatic N) is 2.